The van der Waals surface area contributed by atoms with Crippen molar-refractivity contribution in [3.63, 3.8) is 0 Å². The lowest BCUT2D eigenvalue weighted by molar-refractivity contribution is 1.16. The number of benzene rings is 2. The third kappa shape index (κ3) is 6.13. The first-order chi connectivity index (χ1) is 10.4. The fourth-order valence-electron chi connectivity index (χ4n) is 2.10. The van der Waals surface area contributed by atoms with Gasteiger partial charge in [0.2, 0.25) is 0 Å². The summed E-state index contributed by atoms with van der Waals surface area (Å²) in [4.78, 5) is 0. The van der Waals surface area contributed by atoms with Gasteiger partial charge in [-0.15, -0.1) is 0 Å². The van der Waals surface area contributed by atoms with Gasteiger partial charge in [0.15, 0.2) is 0 Å². The maximum absolute atomic E-state index is 3.25. The quantitative estimate of drug-likeness (QED) is 0.528. The largest absolute Gasteiger partial charge is 0.186 e. The van der Waals surface area contributed by atoms with E-state index in [0.29, 0.717) is 0 Å². The summed E-state index contributed by atoms with van der Waals surface area (Å²) in [7, 11) is -0.983. The molecule has 0 spiro atoms. The van der Waals surface area contributed by atoms with E-state index >= 15 is 0 Å². The minimum absolute atomic E-state index is 0.983. The Kier molecular flexibility index (Phi) is 5.94. The molecule has 0 unspecified atom stereocenters. The van der Waals surface area contributed by atoms with E-state index < -0.39 is 7.22 Å². The monoisotopic (exact) mass is 324 g/mol. The van der Waals surface area contributed by atoms with Crippen molar-refractivity contribution >= 4 is 18.4 Å². The summed E-state index contributed by atoms with van der Waals surface area (Å²) in [6, 6.07) is 17.0. The van der Waals surface area contributed by atoms with Crippen LogP contribution in [0.25, 0.3) is 0 Å². The van der Waals surface area contributed by atoms with Gasteiger partial charge in [-0.2, -0.15) is 11.2 Å². The van der Waals surface area contributed by atoms with Crippen molar-refractivity contribution in [2.45, 2.75) is 33.0 Å². The van der Waals surface area contributed by atoms with E-state index in [1.807, 2.05) is 0 Å². The van der Waals surface area contributed by atoms with E-state index in [9.17, 15) is 0 Å². The second-order valence-electron chi connectivity index (χ2n) is 6.53. The van der Waals surface area contributed by atoms with E-state index in [-0.39, 0.29) is 0 Å². The van der Waals surface area contributed by atoms with Crippen LogP contribution in [0.4, 0.5) is 0 Å². The number of rotatable bonds is 4. The molecule has 2 heteroatoms. The van der Waals surface area contributed by atoms with Gasteiger partial charge in [-0.05, 0) is 54.5 Å². The Bertz CT molecular complexity index is 669. The Morgan fingerprint density at radius 2 is 1.59 bits per heavy atom. The van der Waals surface area contributed by atoms with Gasteiger partial charge in [0.25, 0.3) is 0 Å². The third-order valence-electron chi connectivity index (χ3n) is 3.25. The summed E-state index contributed by atoms with van der Waals surface area (Å²) in [6.45, 7) is 9.31. The molecule has 0 aliphatic heterocycles. The van der Waals surface area contributed by atoms with Gasteiger partial charge in [-0.25, -0.2) is 0 Å². The first-order valence-corrected chi connectivity index (χ1v) is 12.9. The Hall–Kier alpha value is -1.43. The van der Waals surface area contributed by atoms with Gasteiger partial charge >= 0.3 is 0 Å². The lowest BCUT2D eigenvalue weighted by atomic mass is 10.1. The van der Waals surface area contributed by atoms with Gasteiger partial charge in [0.05, 0.1) is 0 Å². The van der Waals surface area contributed by atoms with Gasteiger partial charge in [0, 0.05) is 11.1 Å². The van der Waals surface area contributed by atoms with Crippen molar-refractivity contribution in [1.29, 1.82) is 0 Å². The summed E-state index contributed by atoms with van der Waals surface area (Å²) in [5, 5.41) is 0. The molecule has 0 fully saturated rings. The lowest BCUT2D eigenvalue weighted by Crippen LogP contribution is -2.15. The topological polar surface area (TPSA) is 0 Å². The van der Waals surface area contributed by atoms with Crippen LogP contribution < -0.4 is 0 Å². The van der Waals surface area contributed by atoms with Gasteiger partial charge < -0.3 is 0 Å². The second kappa shape index (κ2) is 7.72. The maximum Gasteiger partial charge on any atom is 0.108 e. The zero-order valence-corrected chi connectivity index (χ0v) is 15.8. The highest BCUT2D eigenvalue weighted by Gasteiger charge is 2.12. The van der Waals surface area contributed by atoms with Crippen LogP contribution in [-0.4, -0.2) is 13.0 Å². The standard InChI is InChI=1S/C20H24SSi/c1-17-6-5-7-20(16-17)13-12-18-8-10-19(11-9-18)14-15-21-22(2,3)4/h5-11,16H,14-15H2,1-4H3. The molecule has 0 saturated carbocycles. The molecule has 0 atom stereocenters. The Morgan fingerprint density at radius 3 is 2.23 bits per heavy atom. The lowest BCUT2D eigenvalue weighted by Gasteiger charge is -2.14. The number of aryl methyl sites for hydroxylation is 2. The molecule has 2 aromatic carbocycles. The van der Waals surface area contributed by atoms with Crippen LogP contribution in [0.2, 0.25) is 19.6 Å². The summed E-state index contributed by atoms with van der Waals surface area (Å²) < 4.78 is 0. The molecule has 0 aromatic heterocycles. The molecule has 0 aliphatic rings. The molecule has 0 heterocycles. The van der Waals surface area contributed by atoms with Gasteiger partial charge in [0.1, 0.15) is 7.22 Å². The van der Waals surface area contributed by atoms with Crippen LogP contribution in [-0.2, 0) is 6.42 Å². The van der Waals surface area contributed by atoms with Crippen molar-refractivity contribution in [3.05, 3.63) is 70.8 Å². The molecular weight excluding hydrogens is 300 g/mol. The second-order valence-corrected chi connectivity index (χ2v) is 16.0. The maximum atomic E-state index is 3.25. The van der Waals surface area contributed by atoms with Crippen molar-refractivity contribution in [3.8, 4) is 11.8 Å². The van der Waals surface area contributed by atoms with Crippen molar-refractivity contribution < 1.29 is 0 Å². The van der Waals surface area contributed by atoms with Crippen LogP contribution >= 0.6 is 11.2 Å². The SMILES string of the molecule is Cc1cccc(C#Cc2ccc(CCS[Si](C)(C)C)cc2)c1. The average Bonchev–Trinajstić information content (AvgIpc) is 2.45. The number of hydrogen-bond donors (Lipinski definition) is 0. The minimum Gasteiger partial charge on any atom is -0.186 e. The Morgan fingerprint density at radius 1 is 0.909 bits per heavy atom. The van der Waals surface area contributed by atoms with Crippen LogP contribution in [0.5, 0.6) is 0 Å². The highest BCUT2D eigenvalue weighted by atomic mass is 32.4. The first kappa shape index (κ1) is 16.9. The fraction of sp³-hybridized carbons (Fsp3) is 0.300. The van der Waals surface area contributed by atoms with E-state index in [0.717, 1.165) is 17.5 Å². The fourth-order valence-corrected chi connectivity index (χ4v) is 5.19. The smallest absolute Gasteiger partial charge is 0.108 e. The normalized spacial score (nSPS) is 10.9. The molecule has 0 saturated heterocycles. The van der Waals surface area contributed by atoms with Gasteiger partial charge in [-0.3, -0.25) is 0 Å². The predicted molar refractivity (Wildman–Crippen MR) is 103 cm³/mol. The van der Waals surface area contributed by atoms with E-state index in [2.05, 4.69) is 98.1 Å². The average molecular weight is 325 g/mol. The molecule has 0 amide bonds. The highest BCUT2D eigenvalue weighted by molar-refractivity contribution is 8.28. The van der Waals surface area contributed by atoms with Crippen LogP contribution in [0, 0.1) is 18.8 Å². The minimum atomic E-state index is -0.983. The molecule has 2 aromatic rings. The third-order valence-corrected chi connectivity index (χ3v) is 7.73. The van der Waals surface area contributed by atoms with Crippen molar-refractivity contribution in [1.82, 2.24) is 0 Å². The van der Waals surface area contributed by atoms with E-state index in [1.54, 1.807) is 0 Å². The summed E-state index contributed by atoms with van der Waals surface area (Å²) in [5.41, 5.74) is 4.83. The predicted octanol–water partition coefficient (Wildman–Crippen LogP) is 5.51. The highest BCUT2D eigenvalue weighted by Crippen LogP contribution is 2.20. The molecule has 0 radical (unpaired) electrons. The molecule has 0 aliphatic carbocycles. The van der Waals surface area contributed by atoms with Crippen molar-refractivity contribution in [2.75, 3.05) is 5.75 Å². The van der Waals surface area contributed by atoms with E-state index in [4.69, 9.17) is 0 Å². The van der Waals surface area contributed by atoms with E-state index in [1.165, 1.54) is 16.9 Å². The molecule has 0 bridgehead atoms. The van der Waals surface area contributed by atoms with Crippen molar-refractivity contribution in [2.24, 2.45) is 0 Å². The molecular formula is C20H24SSi. The Balaban J connectivity index is 1.95. The first-order valence-electron chi connectivity index (χ1n) is 7.74. The molecule has 0 nitrogen and oxygen atoms in total. The zero-order valence-electron chi connectivity index (χ0n) is 13.9. The van der Waals surface area contributed by atoms with Crippen LogP contribution in [0.1, 0.15) is 22.3 Å². The zero-order chi connectivity index (χ0) is 16.0. The summed E-state index contributed by atoms with van der Waals surface area (Å²) in [5.74, 6) is 7.71. The molecule has 0 N–H and O–H groups in total. The Labute approximate surface area is 140 Å². The number of hydrogen-bond acceptors (Lipinski definition) is 1. The molecule has 2 rings (SSSR count). The summed E-state index contributed by atoms with van der Waals surface area (Å²) >= 11 is 2.15. The molecule has 22 heavy (non-hydrogen) atoms. The summed E-state index contributed by atoms with van der Waals surface area (Å²) in [6.07, 6.45) is 1.15. The molecule has 114 valence electrons. The van der Waals surface area contributed by atoms with Gasteiger partial charge in [-0.1, -0.05) is 55.7 Å². The van der Waals surface area contributed by atoms with Crippen LogP contribution in [0.3, 0.4) is 0 Å². The van der Waals surface area contributed by atoms with Crippen LogP contribution in [0.15, 0.2) is 48.5 Å².